The minimum Gasteiger partial charge on any atom is -0.463 e. The van der Waals surface area contributed by atoms with Crippen LogP contribution in [0.4, 0.5) is 5.69 Å². The largest absolute Gasteiger partial charge is 0.463 e. The van der Waals surface area contributed by atoms with Gasteiger partial charge in [0.1, 0.15) is 0 Å². The quantitative estimate of drug-likeness (QED) is 0.445. The van der Waals surface area contributed by atoms with Crippen molar-refractivity contribution < 1.29 is 19.0 Å². The van der Waals surface area contributed by atoms with E-state index in [1.165, 1.54) is 11.3 Å². The van der Waals surface area contributed by atoms with E-state index in [-0.39, 0.29) is 19.0 Å². The number of ether oxygens (including phenoxy) is 3. The van der Waals surface area contributed by atoms with Crippen molar-refractivity contribution in [1.29, 1.82) is 0 Å². The maximum atomic E-state index is 13.8. The summed E-state index contributed by atoms with van der Waals surface area (Å²) in [7, 11) is 3.97. The van der Waals surface area contributed by atoms with Crippen LogP contribution >= 0.6 is 11.3 Å². The normalized spacial score (nSPS) is 16.4. The molecule has 37 heavy (non-hydrogen) atoms. The van der Waals surface area contributed by atoms with Gasteiger partial charge in [-0.05, 0) is 54.8 Å². The molecule has 1 atom stereocenters. The van der Waals surface area contributed by atoms with Crippen molar-refractivity contribution in [3.8, 4) is 11.5 Å². The van der Waals surface area contributed by atoms with E-state index in [2.05, 4.69) is 0 Å². The number of rotatable bonds is 7. The Labute approximate surface area is 218 Å². The predicted octanol–water partition coefficient (Wildman–Crippen LogP) is 3.37. The van der Waals surface area contributed by atoms with Crippen molar-refractivity contribution in [3.63, 3.8) is 0 Å². The Morgan fingerprint density at radius 1 is 1.16 bits per heavy atom. The van der Waals surface area contributed by atoms with E-state index >= 15 is 0 Å². The fourth-order valence-electron chi connectivity index (χ4n) is 4.54. The van der Waals surface area contributed by atoms with E-state index in [1.54, 1.807) is 11.5 Å². The summed E-state index contributed by atoms with van der Waals surface area (Å²) < 4.78 is 18.7. The van der Waals surface area contributed by atoms with E-state index in [4.69, 9.17) is 19.2 Å². The first-order valence-electron chi connectivity index (χ1n) is 12.3. The Balaban J connectivity index is 1.71. The molecule has 9 heteroatoms. The van der Waals surface area contributed by atoms with Gasteiger partial charge >= 0.3 is 5.97 Å². The number of hydrogen-bond donors (Lipinski definition) is 0. The summed E-state index contributed by atoms with van der Waals surface area (Å²) in [5.74, 6) is 0.747. The van der Waals surface area contributed by atoms with Gasteiger partial charge < -0.3 is 19.1 Å². The molecule has 2 aliphatic rings. The lowest BCUT2D eigenvalue weighted by Crippen LogP contribution is -2.40. The molecule has 0 aliphatic carbocycles. The first kappa shape index (κ1) is 24.8. The van der Waals surface area contributed by atoms with Crippen LogP contribution in [0.1, 0.15) is 43.9 Å². The lowest BCUT2D eigenvalue weighted by molar-refractivity contribution is -0.139. The summed E-state index contributed by atoms with van der Waals surface area (Å²) in [6, 6.07) is 12.8. The van der Waals surface area contributed by atoms with Crippen LogP contribution in [0.2, 0.25) is 0 Å². The van der Waals surface area contributed by atoms with Crippen LogP contribution in [-0.4, -0.2) is 38.0 Å². The molecule has 1 aromatic heterocycles. The second kappa shape index (κ2) is 10.3. The molecule has 0 saturated heterocycles. The average Bonchev–Trinajstić information content (AvgIpc) is 3.47. The van der Waals surface area contributed by atoms with E-state index in [1.807, 2.05) is 74.5 Å². The van der Waals surface area contributed by atoms with E-state index in [9.17, 15) is 9.59 Å². The summed E-state index contributed by atoms with van der Waals surface area (Å²) in [5.41, 5.74) is 3.54. The first-order chi connectivity index (χ1) is 17.9. The molecule has 3 heterocycles. The van der Waals surface area contributed by atoms with Crippen molar-refractivity contribution in [1.82, 2.24) is 4.57 Å². The number of hydrogen-bond acceptors (Lipinski definition) is 8. The average molecular weight is 520 g/mol. The monoisotopic (exact) mass is 519 g/mol. The van der Waals surface area contributed by atoms with E-state index < -0.39 is 12.0 Å². The lowest BCUT2D eigenvalue weighted by atomic mass is 9.94. The van der Waals surface area contributed by atoms with Crippen LogP contribution in [0.5, 0.6) is 11.5 Å². The number of carbonyl (C=O) groups is 1. The lowest BCUT2D eigenvalue weighted by Gasteiger charge is -2.25. The fourth-order valence-corrected chi connectivity index (χ4v) is 5.56. The Hall–Kier alpha value is -3.85. The second-order valence-electron chi connectivity index (χ2n) is 9.01. The van der Waals surface area contributed by atoms with Crippen LogP contribution in [0.3, 0.4) is 0 Å². The van der Waals surface area contributed by atoms with Gasteiger partial charge in [-0.1, -0.05) is 42.9 Å². The number of thiazole rings is 1. The van der Waals surface area contributed by atoms with Crippen LogP contribution in [0, 0.1) is 0 Å². The maximum absolute atomic E-state index is 13.8. The minimum absolute atomic E-state index is 0.135. The number of esters is 1. The molecule has 5 rings (SSSR count). The van der Waals surface area contributed by atoms with Gasteiger partial charge in [0, 0.05) is 19.8 Å². The summed E-state index contributed by atoms with van der Waals surface area (Å²) in [4.78, 5) is 34.5. The molecule has 0 bridgehead atoms. The number of aromatic nitrogens is 1. The number of fused-ring (bicyclic) bond motifs is 2. The number of nitrogens with zero attached hydrogens (tertiary/aromatic N) is 3. The van der Waals surface area contributed by atoms with Crippen molar-refractivity contribution in [2.45, 2.75) is 32.7 Å². The summed E-state index contributed by atoms with van der Waals surface area (Å²) in [6.07, 6.45) is 3.25. The number of anilines is 1. The van der Waals surface area contributed by atoms with Gasteiger partial charge in [-0.3, -0.25) is 9.36 Å². The highest BCUT2D eigenvalue weighted by molar-refractivity contribution is 7.07. The smallest absolute Gasteiger partial charge is 0.338 e. The van der Waals surface area contributed by atoms with Gasteiger partial charge in [-0.15, -0.1) is 0 Å². The minimum atomic E-state index is -0.690. The standard InChI is InChI=1S/C28H29N3O5S/c1-5-7-20-24(27(33)34-6-2)25(18-10-13-21-22(15-18)36-16-35-21)31-26(32)23(37-28(31)29-20)14-17-8-11-19(12-9-17)30(3)4/h8-15,25H,5-7,16H2,1-4H3/b23-14-. The third-order valence-corrected chi connectivity index (χ3v) is 7.29. The van der Waals surface area contributed by atoms with Crippen molar-refractivity contribution in [3.05, 3.63) is 84.5 Å². The van der Waals surface area contributed by atoms with E-state index in [0.717, 1.165) is 23.2 Å². The molecule has 0 spiro atoms. The zero-order chi connectivity index (χ0) is 26.1. The Morgan fingerprint density at radius 2 is 1.92 bits per heavy atom. The summed E-state index contributed by atoms with van der Waals surface area (Å²) >= 11 is 1.32. The Bertz CT molecular complexity index is 1550. The van der Waals surface area contributed by atoms with Crippen molar-refractivity contribution >= 4 is 29.1 Å². The second-order valence-corrected chi connectivity index (χ2v) is 10.0. The molecule has 1 unspecified atom stereocenters. The highest BCUT2D eigenvalue weighted by Crippen LogP contribution is 2.38. The van der Waals surface area contributed by atoms with Gasteiger partial charge in [0.05, 0.1) is 28.5 Å². The molecule has 192 valence electrons. The molecule has 8 nitrogen and oxygen atoms in total. The van der Waals surface area contributed by atoms with Gasteiger partial charge in [0.15, 0.2) is 16.3 Å². The predicted molar refractivity (Wildman–Crippen MR) is 143 cm³/mol. The van der Waals surface area contributed by atoms with Crippen LogP contribution < -0.4 is 29.3 Å². The summed E-state index contributed by atoms with van der Waals surface area (Å²) in [5, 5.41) is 0. The third-order valence-electron chi connectivity index (χ3n) is 6.31. The maximum Gasteiger partial charge on any atom is 0.338 e. The van der Waals surface area contributed by atoms with Gasteiger partial charge in [-0.2, -0.15) is 0 Å². The Kier molecular flexibility index (Phi) is 6.88. The highest BCUT2D eigenvalue weighted by Gasteiger charge is 2.35. The zero-order valence-electron chi connectivity index (χ0n) is 21.3. The van der Waals surface area contributed by atoms with Crippen LogP contribution in [0.15, 0.2) is 63.5 Å². The topological polar surface area (TPSA) is 82.4 Å². The fraction of sp³-hybridized carbons (Fsp3) is 0.321. The Morgan fingerprint density at radius 3 is 2.62 bits per heavy atom. The molecule has 0 fully saturated rings. The molecular weight excluding hydrogens is 490 g/mol. The highest BCUT2D eigenvalue weighted by atomic mass is 32.1. The van der Waals surface area contributed by atoms with Crippen molar-refractivity contribution in [2.24, 2.45) is 4.99 Å². The summed E-state index contributed by atoms with van der Waals surface area (Å²) in [6.45, 7) is 4.16. The van der Waals surface area contributed by atoms with Crippen LogP contribution in [-0.2, 0) is 9.53 Å². The van der Waals surface area contributed by atoms with Crippen LogP contribution in [0.25, 0.3) is 6.08 Å². The molecule has 2 aliphatic heterocycles. The molecule has 2 aromatic carbocycles. The molecule has 3 aromatic rings. The number of carbonyl (C=O) groups excluding carboxylic acids is 1. The SMILES string of the molecule is CCCC1=C(C(=O)OCC)C(c2ccc3c(c2)OCO3)n2c(s/c(=C\c3ccc(N(C)C)cc3)c2=O)=N1. The molecule has 0 amide bonds. The molecule has 0 saturated carbocycles. The van der Waals surface area contributed by atoms with E-state index in [0.29, 0.717) is 38.5 Å². The number of benzene rings is 2. The molecular formula is C28H29N3O5S. The number of allylic oxidation sites excluding steroid dienone is 1. The molecule has 0 radical (unpaired) electrons. The third kappa shape index (κ3) is 4.67. The van der Waals surface area contributed by atoms with Gasteiger partial charge in [-0.25, -0.2) is 9.79 Å². The van der Waals surface area contributed by atoms with Crippen molar-refractivity contribution in [2.75, 3.05) is 32.4 Å². The van der Waals surface area contributed by atoms with Gasteiger partial charge in [0.25, 0.3) is 5.56 Å². The van der Waals surface area contributed by atoms with Gasteiger partial charge in [0.2, 0.25) is 6.79 Å². The zero-order valence-corrected chi connectivity index (χ0v) is 22.1. The first-order valence-corrected chi connectivity index (χ1v) is 13.1. The molecule has 0 N–H and O–H groups in total.